The third-order valence-corrected chi connectivity index (χ3v) is 5.68. The normalized spacial score (nSPS) is 10.7. The zero-order valence-corrected chi connectivity index (χ0v) is 18.2. The SMILES string of the molecule is COc1ccc(NC(=O)CSc2nnc(-c3ccc(F)cc3)n2Cc2ccccc2)cc1. The maximum atomic E-state index is 13.4. The Balaban J connectivity index is 1.51. The first-order valence-corrected chi connectivity index (χ1v) is 10.9. The number of carbonyl (C=O) groups excluding carboxylic acids is 1. The lowest BCUT2D eigenvalue weighted by molar-refractivity contribution is -0.113. The van der Waals surface area contributed by atoms with Gasteiger partial charge in [-0.3, -0.25) is 9.36 Å². The number of methoxy groups -OCH3 is 1. The number of carbonyl (C=O) groups is 1. The summed E-state index contributed by atoms with van der Waals surface area (Å²) in [6.07, 6.45) is 0. The molecule has 0 saturated heterocycles. The van der Waals surface area contributed by atoms with Crippen molar-refractivity contribution in [3.8, 4) is 17.1 Å². The monoisotopic (exact) mass is 448 g/mol. The molecular formula is C24H21FN4O2S. The first-order chi connectivity index (χ1) is 15.6. The number of thioether (sulfide) groups is 1. The summed E-state index contributed by atoms with van der Waals surface area (Å²) in [6.45, 7) is 0.531. The van der Waals surface area contributed by atoms with Crippen LogP contribution in [0.4, 0.5) is 10.1 Å². The van der Waals surface area contributed by atoms with E-state index in [1.807, 2.05) is 34.9 Å². The molecule has 1 N–H and O–H groups in total. The first-order valence-electron chi connectivity index (χ1n) is 9.92. The number of hydrogen-bond acceptors (Lipinski definition) is 5. The van der Waals surface area contributed by atoms with E-state index in [1.54, 1.807) is 43.5 Å². The molecule has 32 heavy (non-hydrogen) atoms. The van der Waals surface area contributed by atoms with Gasteiger partial charge in [-0.2, -0.15) is 0 Å². The highest BCUT2D eigenvalue weighted by atomic mass is 32.2. The van der Waals surface area contributed by atoms with E-state index in [2.05, 4.69) is 15.5 Å². The fraction of sp³-hybridized carbons (Fsp3) is 0.125. The molecule has 0 aliphatic carbocycles. The lowest BCUT2D eigenvalue weighted by Gasteiger charge is -2.11. The number of halogens is 1. The Kier molecular flexibility index (Phi) is 6.81. The standard InChI is InChI=1S/C24H21FN4O2S/c1-31-21-13-11-20(12-14-21)26-22(30)16-32-24-28-27-23(18-7-9-19(25)10-8-18)29(24)15-17-5-3-2-4-6-17/h2-14H,15-16H2,1H3,(H,26,30). The maximum absolute atomic E-state index is 13.4. The molecule has 0 fully saturated rings. The van der Waals surface area contributed by atoms with Crippen LogP contribution in [0.1, 0.15) is 5.56 Å². The molecule has 0 aliphatic rings. The highest BCUT2D eigenvalue weighted by Crippen LogP contribution is 2.26. The second kappa shape index (κ2) is 10.1. The number of hydrogen-bond donors (Lipinski definition) is 1. The van der Waals surface area contributed by atoms with Gasteiger partial charge in [0.2, 0.25) is 5.91 Å². The molecule has 3 aromatic carbocycles. The molecular weight excluding hydrogens is 427 g/mol. The summed E-state index contributed by atoms with van der Waals surface area (Å²) in [7, 11) is 1.59. The molecule has 1 heterocycles. The van der Waals surface area contributed by atoms with Gasteiger partial charge in [-0.05, 0) is 54.1 Å². The molecule has 0 atom stereocenters. The van der Waals surface area contributed by atoms with E-state index in [0.717, 1.165) is 16.9 Å². The van der Waals surface area contributed by atoms with Crippen molar-refractivity contribution < 1.29 is 13.9 Å². The van der Waals surface area contributed by atoms with Gasteiger partial charge in [0.15, 0.2) is 11.0 Å². The summed E-state index contributed by atoms with van der Waals surface area (Å²) in [5, 5.41) is 12.1. The summed E-state index contributed by atoms with van der Waals surface area (Å²) < 4.78 is 20.5. The Morgan fingerprint density at radius 3 is 2.41 bits per heavy atom. The number of amides is 1. The van der Waals surface area contributed by atoms with Crippen molar-refractivity contribution >= 4 is 23.4 Å². The zero-order valence-electron chi connectivity index (χ0n) is 17.4. The Labute approximate surface area is 189 Å². The molecule has 4 aromatic rings. The van der Waals surface area contributed by atoms with Crippen molar-refractivity contribution in [3.05, 3.63) is 90.2 Å². The second-order valence-electron chi connectivity index (χ2n) is 6.95. The zero-order chi connectivity index (χ0) is 22.3. The lowest BCUT2D eigenvalue weighted by atomic mass is 10.2. The quantitative estimate of drug-likeness (QED) is 0.390. The van der Waals surface area contributed by atoms with E-state index in [1.165, 1.54) is 23.9 Å². The average molecular weight is 449 g/mol. The summed E-state index contributed by atoms with van der Waals surface area (Å²) in [5.41, 5.74) is 2.51. The summed E-state index contributed by atoms with van der Waals surface area (Å²) in [5.74, 6) is 1.04. The molecule has 6 nitrogen and oxygen atoms in total. The molecule has 0 aliphatic heterocycles. The number of aromatic nitrogens is 3. The molecule has 0 saturated carbocycles. The Hall–Kier alpha value is -3.65. The number of anilines is 1. The van der Waals surface area contributed by atoms with Crippen LogP contribution in [0.25, 0.3) is 11.4 Å². The topological polar surface area (TPSA) is 69.0 Å². The van der Waals surface area contributed by atoms with Gasteiger partial charge in [0.1, 0.15) is 11.6 Å². The van der Waals surface area contributed by atoms with E-state index in [0.29, 0.717) is 23.2 Å². The Morgan fingerprint density at radius 2 is 1.72 bits per heavy atom. The first kappa shape index (κ1) is 21.6. The molecule has 0 bridgehead atoms. The van der Waals surface area contributed by atoms with E-state index in [4.69, 9.17) is 4.74 Å². The second-order valence-corrected chi connectivity index (χ2v) is 7.89. The van der Waals surface area contributed by atoms with Crippen molar-refractivity contribution in [1.82, 2.24) is 14.8 Å². The fourth-order valence-corrected chi connectivity index (χ4v) is 3.86. The minimum absolute atomic E-state index is 0.155. The minimum Gasteiger partial charge on any atom is -0.497 e. The fourth-order valence-electron chi connectivity index (χ4n) is 3.12. The molecule has 4 rings (SSSR count). The van der Waals surface area contributed by atoms with Crippen LogP contribution in [0.5, 0.6) is 5.75 Å². The molecule has 1 amide bonds. The number of ether oxygens (including phenoxy) is 1. The average Bonchev–Trinajstić information content (AvgIpc) is 3.21. The number of nitrogens with zero attached hydrogens (tertiary/aromatic N) is 3. The Bertz CT molecular complexity index is 1180. The Morgan fingerprint density at radius 1 is 1.00 bits per heavy atom. The number of nitrogens with one attached hydrogen (secondary N) is 1. The number of rotatable bonds is 8. The summed E-state index contributed by atoms with van der Waals surface area (Å²) in [4.78, 5) is 12.5. The van der Waals surface area contributed by atoms with Crippen LogP contribution in [0.3, 0.4) is 0 Å². The smallest absolute Gasteiger partial charge is 0.234 e. The van der Waals surface area contributed by atoms with Crippen molar-refractivity contribution in [2.75, 3.05) is 18.2 Å². The van der Waals surface area contributed by atoms with Gasteiger partial charge in [-0.15, -0.1) is 10.2 Å². The van der Waals surface area contributed by atoms with Crippen LogP contribution in [-0.2, 0) is 11.3 Å². The third-order valence-electron chi connectivity index (χ3n) is 4.71. The van der Waals surface area contributed by atoms with E-state index >= 15 is 0 Å². The lowest BCUT2D eigenvalue weighted by Crippen LogP contribution is -2.14. The van der Waals surface area contributed by atoms with Crippen LogP contribution in [0.15, 0.2) is 84.0 Å². The van der Waals surface area contributed by atoms with E-state index in [-0.39, 0.29) is 17.5 Å². The van der Waals surface area contributed by atoms with Gasteiger partial charge < -0.3 is 10.1 Å². The van der Waals surface area contributed by atoms with Crippen LogP contribution in [0.2, 0.25) is 0 Å². The maximum Gasteiger partial charge on any atom is 0.234 e. The van der Waals surface area contributed by atoms with Crippen molar-refractivity contribution in [1.29, 1.82) is 0 Å². The summed E-state index contributed by atoms with van der Waals surface area (Å²) in [6, 6.07) is 23.2. The molecule has 1 aromatic heterocycles. The highest BCUT2D eigenvalue weighted by molar-refractivity contribution is 7.99. The van der Waals surface area contributed by atoms with Crippen LogP contribution in [0, 0.1) is 5.82 Å². The summed E-state index contributed by atoms with van der Waals surface area (Å²) >= 11 is 1.30. The van der Waals surface area contributed by atoms with Gasteiger partial charge in [0, 0.05) is 11.3 Å². The van der Waals surface area contributed by atoms with Gasteiger partial charge in [0.25, 0.3) is 0 Å². The third kappa shape index (κ3) is 5.33. The predicted octanol–water partition coefficient (Wildman–Crippen LogP) is 4.87. The molecule has 0 radical (unpaired) electrons. The van der Waals surface area contributed by atoms with Crippen molar-refractivity contribution in [2.24, 2.45) is 0 Å². The van der Waals surface area contributed by atoms with Crippen LogP contribution in [-0.4, -0.2) is 33.5 Å². The molecule has 8 heteroatoms. The van der Waals surface area contributed by atoms with E-state index < -0.39 is 0 Å². The van der Waals surface area contributed by atoms with Gasteiger partial charge >= 0.3 is 0 Å². The highest BCUT2D eigenvalue weighted by Gasteiger charge is 2.16. The largest absolute Gasteiger partial charge is 0.497 e. The molecule has 162 valence electrons. The molecule has 0 unspecified atom stereocenters. The minimum atomic E-state index is -0.312. The van der Waals surface area contributed by atoms with Crippen molar-refractivity contribution in [3.63, 3.8) is 0 Å². The van der Waals surface area contributed by atoms with Gasteiger partial charge in [-0.25, -0.2) is 4.39 Å². The van der Waals surface area contributed by atoms with Gasteiger partial charge in [-0.1, -0.05) is 42.1 Å². The van der Waals surface area contributed by atoms with Crippen LogP contribution < -0.4 is 10.1 Å². The van der Waals surface area contributed by atoms with Crippen LogP contribution >= 0.6 is 11.8 Å². The molecule has 0 spiro atoms. The predicted molar refractivity (Wildman–Crippen MR) is 123 cm³/mol. The van der Waals surface area contributed by atoms with E-state index in [9.17, 15) is 9.18 Å². The van der Waals surface area contributed by atoms with Crippen molar-refractivity contribution in [2.45, 2.75) is 11.7 Å². The number of benzene rings is 3. The van der Waals surface area contributed by atoms with Gasteiger partial charge in [0.05, 0.1) is 19.4 Å².